The first-order chi connectivity index (χ1) is 10.5. The lowest BCUT2D eigenvalue weighted by Gasteiger charge is -2.09. The molecule has 0 aliphatic carbocycles. The number of nitrogens with one attached hydrogen (secondary N) is 1. The molecule has 0 unspecified atom stereocenters. The van der Waals surface area contributed by atoms with Crippen molar-refractivity contribution < 1.29 is 13.9 Å². The van der Waals surface area contributed by atoms with E-state index in [1.54, 1.807) is 10.8 Å². The van der Waals surface area contributed by atoms with Gasteiger partial charge in [-0.15, -0.1) is 5.10 Å². The number of methoxy groups -OCH3 is 1. The van der Waals surface area contributed by atoms with Gasteiger partial charge < -0.3 is 14.5 Å². The number of rotatable bonds is 4. The van der Waals surface area contributed by atoms with Crippen molar-refractivity contribution in [2.24, 2.45) is 0 Å². The van der Waals surface area contributed by atoms with Crippen LogP contribution in [0.5, 0.6) is 0 Å². The Labute approximate surface area is 126 Å². The van der Waals surface area contributed by atoms with Crippen molar-refractivity contribution in [3.8, 4) is 0 Å². The minimum absolute atomic E-state index is 0.00352. The average Bonchev–Trinajstić information content (AvgIpc) is 3.01. The number of furan rings is 1. The number of carbonyl (C=O) groups excluding carboxylic acids is 1. The lowest BCUT2D eigenvalue weighted by atomic mass is 10.2. The summed E-state index contributed by atoms with van der Waals surface area (Å²) in [5.74, 6) is 1.10. The van der Waals surface area contributed by atoms with Crippen LogP contribution in [-0.4, -0.2) is 39.2 Å². The summed E-state index contributed by atoms with van der Waals surface area (Å²) in [5.41, 5.74) is 2.20. The first-order valence-electron chi connectivity index (χ1n) is 6.90. The Balaban J connectivity index is 2.02. The number of ether oxygens (including phenoxy) is 1. The molecule has 1 amide bonds. The summed E-state index contributed by atoms with van der Waals surface area (Å²) < 4.78 is 12.0. The molecule has 3 heterocycles. The molecule has 3 aromatic heterocycles. The fourth-order valence-corrected chi connectivity index (χ4v) is 2.32. The maximum Gasteiger partial charge on any atom is 0.246 e. The van der Waals surface area contributed by atoms with Gasteiger partial charge in [0.25, 0.3) is 0 Å². The first kappa shape index (κ1) is 14.5. The van der Waals surface area contributed by atoms with Crippen LogP contribution in [0.2, 0.25) is 0 Å². The number of fused-ring (bicyclic) bond motifs is 3. The molecular formula is C14H17N5O3. The zero-order valence-corrected chi connectivity index (χ0v) is 12.9. The largest absolute Gasteiger partial charge is 0.443 e. The lowest BCUT2D eigenvalue weighted by Crippen LogP contribution is -2.30. The van der Waals surface area contributed by atoms with Crippen LogP contribution in [0.1, 0.15) is 30.1 Å². The Morgan fingerprint density at radius 3 is 3.00 bits per heavy atom. The molecule has 8 heteroatoms. The van der Waals surface area contributed by atoms with Crippen LogP contribution in [0.3, 0.4) is 0 Å². The summed E-state index contributed by atoms with van der Waals surface area (Å²) in [5, 5.41) is 7.99. The van der Waals surface area contributed by atoms with Gasteiger partial charge in [-0.2, -0.15) is 0 Å². The molecule has 0 aromatic carbocycles. The van der Waals surface area contributed by atoms with Crippen molar-refractivity contribution >= 4 is 22.7 Å². The monoisotopic (exact) mass is 303 g/mol. The first-order valence-corrected chi connectivity index (χ1v) is 6.90. The van der Waals surface area contributed by atoms with E-state index < -0.39 is 0 Å². The minimum Gasteiger partial charge on any atom is -0.443 e. The van der Waals surface area contributed by atoms with Gasteiger partial charge in [-0.05, 0) is 20.8 Å². The number of hydrogen-bond acceptors (Lipinski definition) is 6. The van der Waals surface area contributed by atoms with E-state index in [0.717, 1.165) is 16.7 Å². The van der Waals surface area contributed by atoms with Gasteiger partial charge in [0.2, 0.25) is 11.6 Å². The van der Waals surface area contributed by atoms with E-state index in [1.165, 1.54) is 7.11 Å². The van der Waals surface area contributed by atoms with Gasteiger partial charge in [0, 0.05) is 12.7 Å². The highest BCUT2D eigenvalue weighted by molar-refractivity contribution is 5.91. The second-order valence-electron chi connectivity index (χ2n) is 5.17. The quantitative estimate of drug-likeness (QED) is 0.781. The molecule has 8 nitrogen and oxygen atoms in total. The van der Waals surface area contributed by atoms with Crippen LogP contribution in [0, 0.1) is 13.8 Å². The zero-order valence-electron chi connectivity index (χ0n) is 12.9. The Kier molecular flexibility index (Phi) is 3.53. The number of hydrogen-bond donors (Lipinski definition) is 1. The summed E-state index contributed by atoms with van der Waals surface area (Å²) in [7, 11) is 1.47. The summed E-state index contributed by atoms with van der Waals surface area (Å²) in [6.45, 7) is 5.67. The number of aryl methyl sites for hydroxylation is 2. The maximum atomic E-state index is 11.6. The SMILES string of the molecule is COCC(=O)N[C@@H](C)c1nc2c3c(C)c(C)oc3ncn2n1. The van der Waals surface area contributed by atoms with Gasteiger partial charge in [-0.3, -0.25) is 4.79 Å². The third kappa shape index (κ3) is 2.31. The van der Waals surface area contributed by atoms with E-state index in [9.17, 15) is 4.79 Å². The molecule has 0 bridgehead atoms. The van der Waals surface area contributed by atoms with E-state index >= 15 is 0 Å². The minimum atomic E-state index is -0.328. The molecule has 22 heavy (non-hydrogen) atoms. The second-order valence-corrected chi connectivity index (χ2v) is 5.17. The van der Waals surface area contributed by atoms with Gasteiger partial charge in [0.05, 0.1) is 11.4 Å². The number of aromatic nitrogens is 4. The molecular weight excluding hydrogens is 286 g/mol. The number of amides is 1. The lowest BCUT2D eigenvalue weighted by molar-refractivity contribution is -0.125. The molecule has 3 aromatic rings. The Bertz CT molecular complexity index is 851. The van der Waals surface area contributed by atoms with E-state index in [-0.39, 0.29) is 18.6 Å². The smallest absolute Gasteiger partial charge is 0.246 e. The Morgan fingerprint density at radius 2 is 2.27 bits per heavy atom. The molecule has 0 fully saturated rings. The molecule has 0 radical (unpaired) electrons. The molecule has 3 rings (SSSR count). The fourth-order valence-electron chi connectivity index (χ4n) is 2.32. The van der Waals surface area contributed by atoms with Crippen molar-refractivity contribution in [2.75, 3.05) is 13.7 Å². The van der Waals surface area contributed by atoms with Crippen LogP contribution >= 0.6 is 0 Å². The normalized spacial score (nSPS) is 12.9. The third-order valence-corrected chi connectivity index (χ3v) is 3.56. The number of carbonyl (C=O) groups is 1. The molecule has 0 spiro atoms. The van der Waals surface area contributed by atoms with Crippen LogP contribution in [-0.2, 0) is 9.53 Å². The van der Waals surface area contributed by atoms with E-state index in [4.69, 9.17) is 9.15 Å². The molecule has 0 saturated carbocycles. The average molecular weight is 303 g/mol. The van der Waals surface area contributed by atoms with Crippen molar-refractivity contribution in [3.63, 3.8) is 0 Å². The topological polar surface area (TPSA) is 94.5 Å². The van der Waals surface area contributed by atoms with Crippen LogP contribution in [0.15, 0.2) is 10.7 Å². The highest BCUT2D eigenvalue weighted by atomic mass is 16.5. The van der Waals surface area contributed by atoms with Gasteiger partial charge >= 0.3 is 0 Å². The summed E-state index contributed by atoms with van der Waals surface area (Å²) in [4.78, 5) is 20.4. The molecule has 0 saturated heterocycles. The van der Waals surface area contributed by atoms with Crippen molar-refractivity contribution in [1.82, 2.24) is 24.9 Å². The fraction of sp³-hybridized carbons (Fsp3) is 0.429. The van der Waals surface area contributed by atoms with E-state index in [0.29, 0.717) is 17.2 Å². The van der Waals surface area contributed by atoms with Crippen LogP contribution in [0.4, 0.5) is 0 Å². The van der Waals surface area contributed by atoms with Gasteiger partial charge in [0.1, 0.15) is 18.7 Å². The van der Waals surface area contributed by atoms with Crippen LogP contribution in [0.25, 0.3) is 16.7 Å². The Morgan fingerprint density at radius 1 is 1.50 bits per heavy atom. The van der Waals surface area contributed by atoms with Gasteiger partial charge in [-0.1, -0.05) is 0 Å². The standard InChI is InChI=1S/C14H17N5O3/c1-7-9(3)22-14-11(7)13-17-12(18-19(13)6-15-14)8(2)16-10(20)5-21-4/h6,8H,5H2,1-4H3,(H,16,20)/t8-/m0/s1. The molecule has 116 valence electrons. The van der Waals surface area contributed by atoms with E-state index in [1.807, 2.05) is 20.8 Å². The third-order valence-electron chi connectivity index (χ3n) is 3.56. The van der Waals surface area contributed by atoms with Crippen molar-refractivity contribution in [3.05, 3.63) is 23.5 Å². The van der Waals surface area contributed by atoms with Gasteiger partial charge in [0.15, 0.2) is 11.5 Å². The molecule has 1 atom stereocenters. The van der Waals surface area contributed by atoms with Gasteiger partial charge in [-0.25, -0.2) is 14.5 Å². The summed E-state index contributed by atoms with van der Waals surface area (Å²) in [6, 6.07) is -0.328. The highest BCUT2D eigenvalue weighted by Gasteiger charge is 2.19. The highest BCUT2D eigenvalue weighted by Crippen LogP contribution is 2.26. The summed E-state index contributed by atoms with van der Waals surface area (Å²) >= 11 is 0. The maximum absolute atomic E-state index is 11.6. The zero-order chi connectivity index (χ0) is 15.9. The molecule has 0 aliphatic heterocycles. The van der Waals surface area contributed by atoms with E-state index in [2.05, 4.69) is 20.4 Å². The molecule has 0 aliphatic rings. The summed E-state index contributed by atoms with van der Waals surface area (Å²) in [6.07, 6.45) is 1.56. The predicted molar refractivity (Wildman–Crippen MR) is 78.5 cm³/mol. The van der Waals surface area contributed by atoms with Crippen LogP contribution < -0.4 is 5.32 Å². The predicted octanol–water partition coefficient (Wildman–Crippen LogP) is 1.31. The molecule has 1 N–H and O–H groups in total. The second kappa shape index (κ2) is 5.38. The Hall–Kier alpha value is -2.48. The van der Waals surface area contributed by atoms with Crippen molar-refractivity contribution in [2.45, 2.75) is 26.8 Å². The van der Waals surface area contributed by atoms with Crippen molar-refractivity contribution in [1.29, 1.82) is 0 Å². The number of nitrogens with zero attached hydrogens (tertiary/aromatic N) is 4.